The molecule has 1 rings (SSSR count). The lowest BCUT2D eigenvalue weighted by molar-refractivity contribution is -0.137. The van der Waals surface area contributed by atoms with Crippen LogP contribution >= 0.6 is 0 Å². The zero-order valence-electron chi connectivity index (χ0n) is 10.9. The monoisotopic (exact) mass is 311 g/mol. The van der Waals surface area contributed by atoms with E-state index in [2.05, 4.69) is 5.32 Å². The molecule has 0 heterocycles. The Kier molecular flexibility index (Phi) is 5.82. The molecule has 0 bridgehead atoms. The summed E-state index contributed by atoms with van der Waals surface area (Å²) in [5.41, 5.74) is -0.764. The van der Waals surface area contributed by atoms with Crippen molar-refractivity contribution in [1.29, 1.82) is 0 Å². The van der Waals surface area contributed by atoms with Crippen LogP contribution in [0.1, 0.15) is 5.56 Å². The van der Waals surface area contributed by atoms with Gasteiger partial charge in [-0.05, 0) is 18.2 Å². The Morgan fingerprint density at radius 3 is 2.55 bits per heavy atom. The third kappa shape index (κ3) is 6.76. The number of sulfone groups is 1. The fourth-order valence-electron chi connectivity index (χ4n) is 1.39. The van der Waals surface area contributed by atoms with E-state index in [4.69, 9.17) is 4.74 Å². The van der Waals surface area contributed by atoms with E-state index >= 15 is 0 Å². The molecule has 4 nitrogen and oxygen atoms in total. The van der Waals surface area contributed by atoms with Crippen molar-refractivity contribution in [3.05, 3.63) is 29.8 Å². The highest BCUT2D eigenvalue weighted by Gasteiger charge is 2.30. The summed E-state index contributed by atoms with van der Waals surface area (Å²) >= 11 is 0. The van der Waals surface area contributed by atoms with Crippen LogP contribution in [0.4, 0.5) is 13.2 Å². The first-order valence-electron chi connectivity index (χ1n) is 5.87. The molecule has 1 N–H and O–H groups in total. The van der Waals surface area contributed by atoms with Gasteiger partial charge in [0.1, 0.15) is 22.2 Å². The highest BCUT2D eigenvalue weighted by Crippen LogP contribution is 2.31. The van der Waals surface area contributed by atoms with Gasteiger partial charge in [-0.3, -0.25) is 0 Å². The van der Waals surface area contributed by atoms with Crippen molar-refractivity contribution in [2.24, 2.45) is 0 Å². The molecule has 0 radical (unpaired) electrons. The van der Waals surface area contributed by atoms with Crippen LogP contribution in [0.25, 0.3) is 0 Å². The summed E-state index contributed by atoms with van der Waals surface area (Å²) in [6.07, 6.45) is -3.26. The molecule has 0 saturated heterocycles. The van der Waals surface area contributed by atoms with Crippen LogP contribution in [0.2, 0.25) is 0 Å². The van der Waals surface area contributed by atoms with Crippen LogP contribution in [-0.2, 0) is 16.0 Å². The Balaban J connectivity index is 2.32. The predicted octanol–water partition coefficient (Wildman–Crippen LogP) is 1.72. The van der Waals surface area contributed by atoms with Gasteiger partial charge in [-0.2, -0.15) is 13.2 Å². The molecule has 20 heavy (non-hydrogen) atoms. The Morgan fingerprint density at radius 1 is 1.25 bits per heavy atom. The van der Waals surface area contributed by atoms with Crippen molar-refractivity contribution in [3.8, 4) is 5.75 Å². The average molecular weight is 311 g/mol. The van der Waals surface area contributed by atoms with Gasteiger partial charge in [0.15, 0.2) is 0 Å². The third-order valence-electron chi connectivity index (χ3n) is 2.36. The van der Waals surface area contributed by atoms with Crippen molar-refractivity contribution in [3.63, 3.8) is 0 Å². The molecular weight excluding hydrogens is 295 g/mol. The molecule has 0 unspecified atom stereocenters. The first kappa shape index (κ1) is 16.8. The molecule has 1 aromatic rings. The van der Waals surface area contributed by atoms with E-state index in [0.717, 1.165) is 18.4 Å². The van der Waals surface area contributed by atoms with Gasteiger partial charge in [0.05, 0.1) is 11.3 Å². The Hall–Kier alpha value is -1.28. The van der Waals surface area contributed by atoms with Crippen molar-refractivity contribution in [2.75, 3.05) is 31.7 Å². The maximum absolute atomic E-state index is 12.4. The summed E-state index contributed by atoms with van der Waals surface area (Å²) in [6, 6.07) is 4.61. The van der Waals surface area contributed by atoms with Crippen LogP contribution in [0.15, 0.2) is 24.3 Å². The molecule has 114 valence electrons. The van der Waals surface area contributed by atoms with E-state index in [1.807, 2.05) is 0 Å². The normalized spacial score (nSPS) is 12.4. The average Bonchev–Trinajstić information content (AvgIpc) is 2.31. The van der Waals surface area contributed by atoms with Gasteiger partial charge in [0.2, 0.25) is 0 Å². The molecule has 0 saturated carbocycles. The fraction of sp³-hybridized carbons (Fsp3) is 0.500. The smallest absolute Gasteiger partial charge is 0.416 e. The van der Waals surface area contributed by atoms with Crippen molar-refractivity contribution < 1.29 is 26.3 Å². The van der Waals surface area contributed by atoms with E-state index in [1.54, 1.807) is 0 Å². The maximum atomic E-state index is 12.4. The highest BCUT2D eigenvalue weighted by molar-refractivity contribution is 7.90. The number of hydrogen-bond acceptors (Lipinski definition) is 4. The number of alkyl halides is 3. The quantitative estimate of drug-likeness (QED) is 0.779. The summed E-state index contributed by atoms with van der Waals surface area (Å²) < 4.78 is 64.2. The van der Waals surface area contributed by atoms with Crippen LogP contribution in [0, 0.1) is 0 Å². The summed E-state index contributed by atoms with van der Waals surface area (Å²) in [6.45, 7) is 0.793. The number of benzene rings is 1. The minimum Gasteiger partial charge on any atom is -0.492 e. The molecule has 8 heteroatoms. The molecule has 0 aromatic heterocycles. The fourth-order valence-corrected chi connectivity index (χ4v) is 1.90. The first-order chi connectivity index (χ1) is 9.18. The number of rotatable bonds is 7. The van der Waals surface area contributed by atoms with E-state index in [-0.39, 0.29) is 24.7 Å². The second-order valence-corrected chi connectivity index (χ2v) is 6.51. The van der Waals surface area contributed by atoms with E-state index in [0.29, 0.717) is 6.54 Å². The second-order valence-electron chi connectivity index (χ2n) is 4.25. The van der Waals surface area contributed by atoms with Gasteiger partial charge < -0.3 is 10.1 Å². The minimum atomic E-state index is -4.40. The lowest BCUT2D eigenvalue weighted by atomic mass is 10.2. The number of ether oxygens (including phenoxy) is 1. The molecule has 0 aliphatic rings. The van der Waals surface area contributed by atoms with Gasteiger partial charge in [-0.25, -0.2) is 8.42 Å². The SMILES string of the molecule is CS(=O)(=O)CCNCCOc1cccc(C(F)(F)F)c1. The Labute approximate surface area is 115 Å². The van der Waals surface area contributed by atoms with Crippen LogP contribution < -0.4 is 10.1 Å². The zero-order valence-corrected chi connectivity index (χ0v) is 11.7. The van der Waals surface area contributed by atoms with Gasteiger partial charge in [0, 0.05) is 19.3 Å². The number of nitrogens with one attached hydrogen (secondary N) is 1. The van der Waals surface area contributed by atoms with Gasteiger partial charge in [-0.1, -0.05) is 6.07 Å². The maximum Gasteiger partial charge on any atom is 0.416 e. The molecule has 0 amide bonds. The topological polar surface area (TPSA) is 55.4 Å². The van der Waals surface area contributed by atoms with Gasteiger partial charge in [0.25, 0.3) is 0 Å². The first-order valence-corrected chi connectivity index (χ1v) is 7.93. The molecule has 0 atom stereocenters. The van der Waals surface area contributed by atoms with Crippen LogP contribution in [-0.4, -0.2) is 40.1 Å². The van der Waals surface area contributed by atoms with Crippen LogP contribution in [0.5, 0.6) is 5.75 Å². The molecule has 0 aliphatic heterocycles. The summed E-state index contributed by atoms with van der Waals surface area (Å²) in [4.78, 5) is 0. The van der Waals surface area contributed by atoms with E-state index in [1.165, 1.54) is 12.1 Å². The molecule has 1 aromatic carbocycles. The summed E-state index contributed by atoms with van der Waals surface area (Å²) in [5.74, 6) is 0.140. The number of halogens is 3. The molecular formula is C12H16F3NO3S. The molecule has 0 aliphatic carbocycles. The van der Waals surface area contributed by atoms with Crippen molar-refractivity contribution in [1.82, 2.24) is 5.32 Å². The van der Waals surface area contributed by atoms with Crippen molar-refractivity contribution in [2.45, 2.75) is 6.18 Å². The largest absolute Gasteiger partial charge is 0.492 e. The molecule has 0 spiro atoms. The molecule has 0 fully saturated rings. The van der Waals surface area contributed by atoms with Crippen molar-refractivity contribution >= 4 is 9.84 Å². The third-order valence-corrected chi connectivity index (χ3v) is 3.30. The van der Waals surface area contributed by atoms with E-state index < -0.39 is 21.6 Å². The number of hydrogen-bond donors (Lipinski definition) is 1. The minimum absolute atomic E-state index is 0.0105. The van der Waals surface area contributed by atoms with Gasteiger partial charge in [-0.15, -0.1) is 0 Å². The zero-order chi connectivity index (χ0) is 15.2. The standard InChI is InChI=1S/C12H16F3NO3S/c1-20(17,18)8-6-16-5-7-19-11-4-2-3-10(9-11)12(13,14)15/h2-4,9,16H,5-8H2,1H3. The summed E-state index contributed by atoms with van der Waals surface area (Å²) in [5, 5.41) is 2.83. The van der Waals surface area contributed by atoms with E-state index in [9.17, 15) is 21.6 Å². The second kappa shape index (κ2) is 6.94. The Morgan fingerprint density at radius 2 is 1.95 bits per heavy atom. The van der Waals surface area contributed by atoms with Crippen LogP contribution in [0.3, 0.4) is 0 Å². The Bertz CT molecular complexity index is 529. The lowest BCUT2D eigenvalue weighted by Crippen LogP contribution is -2.26. The highest BCUT2D eigenvalue weighted by atomic mass is 32.2. The predicted molar refractivity (Wildman–Crippen MR) is 69.5 cm³/mol. The summed E-state index contributed by atoms with van der Waals surface area (Å²) in [7, 11) is -3.01. The van der Waals surface area contributed by atoms with Gasteiger partial charge >= 0.3 is 6.18 Å². The lowest BCUT2D eigenvalue weighted by Gasteiger charge is -2.10.